The third-order valence-electron chi connectivity index (χ3n) is 4.98. The van der Waals surface area contributed by atoms with Crippen molar-refractivity contribution < 1.29 is 8.42 Å². The smallest absolute Gasteiger partial charge is 0.240 e. The molecule has 122 valence electrons. The minimum absolute atomic E-state index is 0.0538. The normalized spacial score (nSPS) is 27.1. The lowest BCUT2D eigenvalue weighted by molar-refractivity contribution is 0.160. The number of nitrogens with zero attached hydrogens (tertiary/aromatic N) is 1. The zero-order valence-electron chi connectivity index (χ0n) is 13.3. The van der Waals surface area contributed by atoms with E-state index >= 15 is 0 Å². The Bertz CT molecular complexity index is 592. The lowest BCUT2D eigenvalue weighted by Crippen LogP contribution is -2.52. The van der Waals surface area contributed by atoms with Crippen molar-refractivity contribution in [2.24, 2.45) is 0 Å². The Kier molecular flexibility index (Phi) is 4.85. The van der Waals surface area contributed by atoms with E-state index in [4.69, 9.17) is 0 Å². The van der Waals surface area contributed by atoms with Gasteiger partial charge in [-0.2, -0.15) is 0 Å². The minimum atomic E-state index is -3.42. The summed E-state index contributed by atoms with van der Waals surface area (Å²) >= 11 is 0. The molecule has 1 aromatic rings. The van der Waals surface area contributed by atoms with Crippen molar-refractivity contribution in [1.29, 1.82) is 0 Å². The molecule has 1 N–H and O–H groups in total. The molecule has 0 aromatic heterocycles. The number of likely N-dealkylation sites (tertiary alicyclic amines) is 1. The van der Waals surface area contributed by atoms with Crippen molar-refractivity contribution in [2.75, 3.05) is 13.1 Å². The Morgan fingerprint density at radius 1 is 1.00 bits per heavy atom. The largest absolute Gasteiger partial charge is 0.299 e. The molecular formula is C17H26N2O2S. The minimum Gasteiger partial charge on any atom is -0.299 e. The molecule has 0 radical (unpaired) electrons. The van der Waals surface area contributed by atoms with E-state index in [0.29, 0.717) is 10.9 Å². The first kappa shape index (κ1) is 16.0. The van der Waals surface area contributed by atoms with Gasteiger partial charge in [-0.1, -0.05) is 30.5 Å². The van der Waals surface area contributed by atoms with Crippen molar-refractivity contribution in [3.63, 3.8) is 0 Å². The summed E-state index contributed by atoms with van der Waals surface area (Å²) in [5.74, 6) is 0. The quantitative estimate of drug-likeness (QED) is 0.927. The number of benzene rings is 1. The Morgan fingerprint density at radius 2 is 1.64 bits per heavy atom. The Morgan fingerprint density at radius 3 is 2.32 bits per heavy atom. The lowest BCUT2D eigenvalue weighted by atomic mass is 9.90. The third kappa shape index (κ3) is 3.53. The third-order valence-corrected chi connectivity index (χ3v) is 6.48. The molecule has 1 aliphatic heterocycles. The first-order valence-electron chi connectivity index (χ1n) is 8.39. The molecule has 1 aromatic carbocycles. The van der Waals surface area contributed by atoms with Gasteiger partial charge in [0.1, 0.15) is 0 Å². The summed E-state index contributed by atoms with van der Waals surface area (Å²) in [6.45, 7) is 4.20. The van der Waals surface area contributed by atoms with Crippen molar-refractivity contribution in [3.8, 4) is 0 Å². The lowest BCUT2D eigenvalue weighted by Gasteiger charge is -2.38. The van der Waals surface area contributed by atoms with E-state index in [-0.39, 0.29) is 6.04 Å². The van der Waals surface area contributed by atoms with Crippen LogP contribution in [0.15, 0.2) is 29.2 Å². The molecule has 0 spiro atoms. The van der Waals surface area contributed by atoms with Gasteiger partial charge in [0.15, 0.2) is 0 Å². The molecule has 1 saturated carbocycles. The first-order valence-corrected chi connectivity index (χ1v) is 9.88. The van der Waals surface area contributed by atoms with Gasteiger partial charge in [0.05, 0.1) is 4.90 Å². The van der Waals surface area contributed by atoms with E-state index in [1.165, 1.54) is 19.3 Å². The maximum absolute atomic E-state index is 12.6. The van der Waals surface area contributed by atoms with Gasteiger partial charge in [-0.15, -0.1) is 0 Å². The van der Waals surface area contributed by atoms with Crippen LogP contribution in [0.1, 0.15) is 44.1 Å². The highest BCUT2D eigenvalue weighted by Gasteiger charge is 2.34. The van der Waals surface area contributed by atoms with Crippen LogP contribution in [0.5, 0.6) is 0 Å². The van der Waals surface area contributed by atoms with E-state index < -0.39 is 10.0 Å². The summed E-state index contributed by atoms with van der Waals surface area (Å²) in [6, 6.07) is 7.53. The fourth-order valence-corrected chi connectivity index (χ4v) is 5.05. The molecule has 0 amide bonds. The highest BCUT2D eigenvalue weighted by Crippen LogP contribution is 2.27. The summed E-state index contributed by atoms with van der Waals surface area (Å²) in [5, 5.41) is 0. The van der Waals surface area contributed by atoms with Crippen LogP contribution >= 0.6 is 0 Å². The monoisotopic (exact) mass is 322 g/mol. The van der Waals surface area contributed by atoms with Crippen LogP contribution in [0.4, 0.5) is 0 Å². The molecule has 1 heterocycles. The second kappa shape index (κ2) is 6.69. The zero-order chi connectivity index (χ0) is 15.6. The van der Waals surface area contributed by atoms with Gasteiger partial charge in [0.25, 0.3) is 0 Å². The fourth-order valence-electron chi connectivity index (χ4n) is 3.74. The molecule has 5 heteroatoms. The molecular weight excluding hydrogens is 296 g/mol. The van der Waals surface area contributed by atoms with Gasteiger partial charge >= 0.3 is 0 Å². The molecule has 2 aliphatic rings. The van der Waals surface area contributed by atoms with Gasteiger partial charge in [0.2, 0.25) is 10.0 Å². The number of nitrogens with one attached hydrogen (secondary N) is 1. The van der Waals surface area contributed by atoms with Crippen LogP contribution < -0.4 is 4.72 Å². The average molecular weight is 322 g/mol. The van der Waals surface area contributed by atoms with Gasteiger partial charge in [-0.3, -0.25) is 4.90 Å². The number of aryl methyl sites for hydroxylation is 1. The van der Waals surface area contributed by atoms with E-state index in [9.17, 15) is 8.42 Å². The molecule has 22 heavy (non-hydrogen) atoms. The van der Waals surface area contributed by atoms with E-state index in [1.807, 2.05) is 19.1 Å². The summed E-state index contributed by atoms with van der Waals surface area (Å²) in [5.41, 5.74) is 1.08. The molecule has 0 bridgehead atoms. The van der Waals surface area contributed by atoms with Gasteiger partial charge < -0.3 is 0 Å². The molecule has 1 saturated heterocycles. The standard InChI is InChI=1S/C17H26N2O2S/c1-14-8-10-15(11-9-14)22(20,21)18-16-6-2-3-7-17(16)19-12-4-5-13-19/h8-11,16-18H,2-7,12-13H2,1H3. The summed E-state index contributed by atoms with van der Waals surface area (Å²) < 4.78 is 28.3. The second-order valence-electron chi connectivity index (χ2n) is 6.64. The Balaban J connectivity index is 1.75. The van der Waals surface area contributed by atoms with Crippen LogP contribution in [0.2, 0.25) is 0 Å². The van der Waals surface area contributed by atoms with Crippen molar-refractivity contribution >= 4 is 10.0 Å². The second-order valence-corrected chi connectivity index (χ2v) is 8.35. The number of sulfonamides is 1. The van der Waals surface area contributed by atoms with Crippen LogP contribution in [0.3, 0.4) is 0 Å². The van der Waals surface area contributed by atoms with E-state index in [1.54, 1.807) is 12.1 Å². The molecule has 1 aliphatic carbocycles. The maximum atomic E-state index is 12.6. The topological polar surface area (TPSA) is 49.4 Å². The van der Waals surface area contributed by atoms with Gasteiger partial charge in [-0.25, -0.2) is 13.1 Å². The fraction of sp³-hybridized carbons (Fsp3) is 0.647. The predicted molar refractivity (Wildman–Crippen MR) is 88.4 cm³/mol. The Labute approximate surface area is 134 Å². The predicted octanol–water partition coefficient (Wildman–Crippen LogP) is 2.68. The number of hydrogen-bond acceptors (Lipinski definition) is 3. The van der Waals surface area contributed by atoms with Crippen molar-refractivity contribution in [2.45, 2.75) is 62.4 Å². The van der Waals surface area contributed by atoms with Crippen LogP contribution in [-0.2, 0) is 10.0 Å². The van der Waals surface area contributed by atoms with Gasteiger partial charge in [-0.05, 0) is 57.8 Å². The van der Waals surface area contributed by atoms with Gasteiger partial charge in [0, 0.05) is 12.1 Å². The Hall–Kier alpha value is -0.910. The molecule has 3 rings (SSSR count). The van der Waals surface area contributed by atoms with Crippen molar-refractivity contribution in [3.05, 3.63) is 29.8 Å². The molecule has 4 nitrogen and oxygen atoms in total. The molecule has 2 atom stereocenters. The average Bonchev–Trinajstić information content (AvgIpc) is 3.02. The number of rotatable bonds is 4. The maximum Gasteiger partial charge on any atom is 0.240 e. The summed E-state index contributed by atoms with van der Waals surface area (Å²) in [6.07, 6.45) is 6.88. The molecule has 2 fully saturated rings. The zero-order valence-corrected chi connectivity index (χ0v) is 14.1. The van der Waals surface area contributed by atoms with Crippen LogP contribution in [-0.4, -0.2) is 38.5 Å². The van der Waals surface area contributed by atoms with Crippen LogP contribution in [0, 0.1) is 6.92 Å². The van der Waals surface area contributed by atoms with E-state index in [2.05, 4.69) is 9.62 Å². The van der Waals surface area contributed by atoms with Crippen LogP contribution in [0.25, 0.3) is 0 Å². The van der Waals surface area contributed by atoms with Crippen molar-refractivity contribution in [1.82, 2.24) is 9.62 Å². The SMILES string of the molecule is Cc1ccc(S(=O)(=O)NC2CCCCC2N2CCCC2)cc1. The highest BCUT2D eigenvalue weighted by atomic mass is 32.2. The summed E-state index contributed by atoms with van der Waals surface area (Å²) in [4.78, 5) is 2.87. The first-order chi connectivity index (χ1) is 10.6. The number of hydrogen-bond donors (Lipinski definition) is 1. The van der Waals surface area contributed by atoms with E-state index in [0.717, 1.165) is 37.9 Å². The molecule has 2 unspecified atom stereocenters. The highest BCUT2D eigenvalue weighted by molar-refractivity contribution is 7.89. The summed E-state index contributed by atoms with van der Waals surface area (Å²) in [7, 11) is -3.42.